The molecular formula is C28H30Cl2N6O. The number of pyridine rings is 1. The third kappa shape index (κ3) is 5.50. The smallest absolute Gasteiger partial charge is 0.251 e. The van der Waals surface area contributed by atoms with Crippen molar-refractivity contribution in [1.82, 2.24) is 9.88 Å². The summed E-state index contributed by atoms with van der Waals surface area (Å²) >= 11 is 12.8. The number of benzene rings is 2. The number of fused-ring (bicyclic) bond motifs is 1. The number of hydrogen-bond donors (Lipinski definition) is 1. The molecule has 1 unspecified atom stereocenters. The van der Waals surface area contributed by atoms with Gasteiger partial charge in [0.1, 0.15) is 11.9 Å². The van der Waals surface area contributed by atoms with Crippen LogP contribution in [0, 0.1) is 0 Å². The van der Waals surface area contributed by atoms with Crippen molar-refractivity contribution in [3.8, 4) is 0 Å². The number of nitrogens with two attached hydrogens (primary N) is 1. The maximum atomic E-state index is 13.5. The van der Waals surface area contributed by atoms with Gasteiger partial charge in [-0.3, -0.25) is 14.7 Å². The quantitative estimate of drug-likeness (QED) is 0.517. The van der Waals surface area contributed by atoms with Crippen LogP contribution in [0.4, 0.5) is 11.5 Å². The number of aliphatic imine (C=N–C) groups is 1. The highest BCUT2D eigenvalue weighted by atomic mass is 35.5. The zero-order valence-corrected chi connectivity index (χ0v) is 22.3. The molecule has 3 aromatic rings. The highest BCUT2D eigenvalue weighted by Crippen LogP contribution is 2.31. The Morgan fingerprint density at radius 2 is 1.81 bits per heavy atom. The fourth-order valence-electron chi connectivity index (χ4n) is 4.94. The number of likely N-dealkylation sites (N-methyl/N-ethyl adjacent to an activating group) is 1. The van der Waals surface area contributed by atoms with Gasteiger partial charge in [0.2, 0.25) is 0 Å². The maximum absolute atomic E-state index is 13.5. The van der Waals surface area contributed by atoms with Crippen LogP contribution < -0.4 is 15.5 Å². The Hall–Kier alpha value is -2.97. The molecule has 0 aliphatic carbocycles. The Kier molecular flexibility index (Phi) is 7.76. The SMILES string of the molecule is CN1C(=O)C(Cc2ccccc2Cl)N=C(c2ccc(N3CCN(CCN)CC3)nc2)c2cc(Cl)ccc21. The van der Waals surface area contributed by atoms with Crippen LogP contribution in [0.2, 0.25) is 10.0 Å². The van der Waals surface area contributed by atoms with Gasteiger partial charge in [0.25, 0.3) is 5.91 Å². The van der Waals surface area contributed by atoms with Crippen molar-refractivity contribution in [2.24, 2.45) is 10.7 Å². The molecule has 1 fully saturated rings. The molecule has 2 aromatic carbocycles. The van der Waals surface area contributed by atoms with E-state index < -0.39 is 6.04 Å². The fraction of sp³-hybridized carbons (Fsp3) is 0.321. The standard InChI is InChI=1S/C28H30Cl2N6O/c1-34-25-8-7-21(29)17-22(25)27(33-24(28(34)37)16-19-4-2-3-5-23(19)30)20-6-9-26(32-18-20)36-14-12-35(11-10-31)13-15-36/h2-9,17-18,24H,10-16,31H2,1H3. The lowest BCUT2D eigenvalue weighted by Gasteiger charge is -2.35. The van der Waals surface area contributed by atoms with Crippen LogP contribution in [0.5, 0.6) is 0 Å². The predicted octanol–water partition coefficient (Wildman–Crippen LogP) is 3.89. The van der Waals surface area contributed by atoms with E-state index in [4.69, 9.17) is 38.9 Å². The van der Waals surface area contributed by atoms with Gasteiger partial charge in [-0.25, -0.2) is 4.98 Å². The minimum absolute atomic E-state index is 0.0987. The number of aromatic nitrogens is 1. The molecule has 3 heterocycles. The second-order valence-corrected chi connectivity index (χ2v) is 10.2. The molecule has 2 aliphatic heterocycles. The maximum Gasteiger partial charge on any atom is 0.251 e. The van der Waals surface area contributed by atoms with Crippen LogP contribution >= 0.6 is 23.2 Å². The highest BCUT2D eigenvalue weighted by Gasteiger charge is 2.31. The molecule has 5 rings (SSSR count). The first kappa shape index (κ1) is 25.7. The van der Waals surface area contributed by atoms with Crippen LogP contribution in [0.3, 0.4) is 0 Å². The number of halogens is 2. The van der Waals surface area contributed by atoms with Gasteiger partial charge in [-0.05, 0) is 42.0 Å². The summed E-state index contributed by atoms with van der Waals surface area (Å²) in [6, 6.07) is 16.5. The second kappa shape index (κ2) is 11.2. The molecule has 1 saturated heterocycles. The summed E-state index contributed by atoms with van der Waals surface area (Å²) in [4.78, 5) is 29.6. The van der Waals surface area contributed by atoms with Gasteiger partial charge in [0, 0.05) is 80.1 Å². The van der Waals surface area contributed by atoms with E-state index in [1.807, 2.05) is 54.7 Å². The van der Waals surface area contributed by atoms with Crippen molar-refractivity contribution in [2.45, 2.75) is 12.5 Å². The van der Waals surface area contributed by atoms with Crippen molar-refractivity contribution in [2.75, 3.05) is 56.1 Å². The van der Waals surface area contributed by atoms with Gasteiger partial charge >= 0.3 is 0 Å². The van der Waals surface area contributed by atoms with Crippen molar-refractivity contribution in [3.63, 3.8) is 0 Å². The molecule has 0 saturated carbocycles. The molecule has 37 heavy (non-hydrogen) atoms. The Labute approximate surface area is 227 Å². The van der Waals surface area contributed by atoms with E-state index >= 15 is 0 Å². The molecule has 0 radical (unpaired) electrons. The number of amides is 1. The fourth-order valence-corrected chi connectivity index (χ4v) is 5.33. The summed E-state index contributed by atoms with van der Waals surface area (Å²) in [7, 11) is 1.78. The molecule has 192 valence electrons. The molecule has 9 heteroatoms. The summed E-state index contributed by atoms with van der Waals surface area (Å²) < 4.78 is 0. The first-order valence-corrected chi connectivity index (χ1v) is 13.2. The Morgan fingerprint density at radius 3 is 2.51 bits per heavy atom. The zero-order valence-electron chi connectivity index (χ0n) is 20.8. The average molecular weight is 537 g/mol. The molecule has 2 aliphatic rings. The Bertz CT molecular complexity index is 1300. The summed E-state index contributed by atoms with van der Waals surface area (Å²) in [5.74, 6) is 0.830. The van der Waals surface area contributed by atoms with Gasteiger partial charge in [-0.15, -0.1) is 0 Å². The van der Waals surface area contributed by atoms with E-state index in [0.29, 0.717) is 28.7 Å². The first-order chi connectivity index (χ1) is 17.9. The number of anilines is 2. The lowest BCUT2D eigenvalue weighted by molar-refractivity contribution is -0.119. The summed E-state index contributed by atoms with van der Waals surface area (Å²) in [5.41, 5.74) is 9.67. The third-order valence-electron chi connectivity index (χ3n) is 7.01. The van der Waals surface area contributed by atoms with E-state index in [1.165, 1.54) is 0 Å². The molecule has 0 bridgehead atoms. The lowest BCUT2D eigenvalue weighted by atomic mass is 10.0. The van der Waals surface area contributed by atoms with Crippen molar-refractivity contribution < 1.29 is 4.79 Å². The molecule has 0 spiro atoms. The summed E-state index contributed by atoms with van der Waals surface area (Å²) in [5, 5.41) is 1.20. The minimum Gasteiger partial charge on any atom is -0.354 e. The van der Waals surface area contributed by atoms with Gasteiger partial charge in [-0.1, -0.05) is 41.4 Å². The van der Waals surface area contributed by atoms with Gasteiger partial charge in [0.05, 0.1) is 11.4 Å². The molecular weight excluding hydrogens is 507 g/mol. The number of piperazine rings is 1. The van der Waals surface area contributed by atoms with Gasteiger partial charge in [-0.2, -0.15) is 0 Å². The molecule has 1 amide bonds. The van der Waals surface area contributed by atoms with Gasteiger partial charge < -0.3 is 15.5 Å². The van der Waals surface area contributed by atoms with Gasteiger partial charge in [0.15, 0.2) is 0 Å². The summed E-state index contributed by atoms with van der Waals surface area (Å²) in [6.45, 7) is 5.35. The number of nitrogens with zero attached hydrogens (tertiary/aromatic N) is 5. The van der Waals surface area contributed by atoms with Crippen molar-refractivity contribution in [1.29, 1.82) is 0 Å². The molecule has 7 nitrogen and oxygen atoms in total. The van der Waals surface area contributed by atoms with Crippen LogP contribution in [0.1, 0.15) is 16.7 Å². The van der Waals surface area contributed by atoms with Crippen LogP contribution in [-0.2, 0) is 11.2 Å². The molecule has 2 N–H and O–H groups in total. The number of carbonyl (C=O) groups is 1. The topological polar surface area (TPSA) is 78.1 Å². The summed E-state index contributed by atoms with van der Waals surface area (Å²) in [6.07, 6.45) is 2.24. The van der Waals surface area contributed by atoms with Crippen LogP contribution in [0.25, 0.3) is 0 Å². The third-order valence-corrected chi connectivity index (χ3v) is 7.61. The lowest BCUT2D eigenvalue weighted by Crippen LogP contribution is -2.48. The van der Waals surface area contributed by atoms with Crippen molar-refractivity contribution in [3.05, 3.63) is 87.5 Å². The van der Waals surface area contributed by atoms with Crippen LogP contribution in [-0.4, -0.2) is 73.9 Å². The Balaban J connectivity index is 1.49. The number of benzodiazepines with no additional fused rings is 1. The normalized spacial score (nSPS) is 18.4. The number of carbonyl (C=O) groups excluding carboxylic acids is 1. The van der Waals surface area contributed by atoms with Crippen molar-refractivity contribution >= 4 is 46.3 Å². The van der Waals surface area contributed by atoms with Crippen LogP contribution in [0.15, 0.2) is 65.8 Å². The average Bonchev–Trinajstić information content (AvgIpc) is 3.01. The zero-order chi connectivity index (χ0) is 25.9. The largest absolute Gasteiger partial charge is 0.354 e. The van der Waals surface area contributed by atoms with E-state index in [2.05, 4.69) is 9.80 Å². The van der Waals surface area contributed by atoms with E-state index in [-0.39, 0.29) is 5.91 Å². The molecule has 1 atom stereocenters. The van der Waals surface area contributed by atoms with E-state index in [9.17, 15) is 4.79 Å². The highest BCUT2D eigenvalue weighted by molar-refractivity contribution is 6.32. The molecule has 1 aromatic heterocycles. The number of rotatable bonds is 6. The number of hydrogen-bond acceptors (Lipinski definition) is 6. The monoisotopic (exact) mass is 536 g/mol. The van der Waals surface area contributed by atoms with E-state index in [1.54, 1.807) is 18.0 Å². The Morgan fingerprint density at radius 1 is 1.03 bits per heavy atom. The second-order valence-electron chi connectivity index (χ2n) is 9.37. The predicted molar refractivity (Wildman–Crippen MR) is 151 cm³/mol. The minimum atomic E-state index is -0.638. The first-order valence-electron chi connectivity index (χ1n) is 12.5. The van der Waals surface area contributed by atoms with E-state index in [0.717, 1.165) is 60.9 Å².